The Balaban J connectivity index is 1.70. The second-order valence-electron chi connectivity index (χ2n) is 11.5. The number of fused-ring (bicyclic) bond motifs is 2. The zero-order chi connectivity index (χ0) is 23.6. The van der Waals surface area contributed by atoms with E-state index >= 15 is 0 Å². The molecule has 1 spiro atoms. The van der Waals surface area contributed by atoms with Crippen LogP contribution < -0.4 is 0 Å². The molecule has 6 fully saturated rings. The van der Waals surface area contributed by atoms with Gasteiger partial charge in [0.1, 0.15) is 11.7 Å². The van der Waals surface area contributed by atoms with Crippen molar-refractivity contribution in [1.29, 1.82) is 0 Å². The molecule has 1 heterocycles. The normalized spacial score (nSPS) is 60.9. The lowest BCUT2D eigenvalue weighted by Gasteiger charge is -2.69. The number of likely N-dealkylation sites (N-methyl/N-ethyl adjacent to an activating group) is 1. The third-order valence-corrected chi connectivity index (χ3v) is 11.2. The molecule has 0 unspecified atom stereocenters. The topological polar surface area (TPSA) is 110 Å². The van der Waals surface area contributed by atoms with Gasteiger partial charge < -0.3 is 29.2 Å². The van der Waals surface area contributed by atoms with E-state index in [1.54, 1.807) is 28.4 Å². The number of hydrogen-bond donors (Lipinski definition) is 3. The van der Waals surface area contributed by atoms with Gasteiger partial charge in [-0.25, -0.2) is 4.89 Å². The summed E-state index contributed by atoms with van der Waals surface area (Å²) >= 11 is 0. The summed E-state index contributed by atoms with van der Waals surface area (Å²) in [5, 5.41) is 35.8. The maximum atomic E-state index is 12.8. The van der Waals surface area contributed by atoms with Crippen molar-refractivity contribution in [2.45, 2.75) is 79.9 Å². The highest BCUT2D eigenvalue weighted by atomic mass is 17.1. The highest BCUT2D eigenvalue weighted by Crippen LogP contribution is 2.79. The second kappa shape index (κ2) is 7.11. The van der Waals surface area contributed by atoms with Crippen LogP contribution in [0, 0.1) is 29.1 Å². The van der Waals surface area contributed by atoms with Crippen molar-refractivity contribution in [3.8, 4) is 0 Å². The Hall–Kier alpha value is -0.360. The molecule has 9 heteroatoms. The summed E-state index contributed by atoms with van der Waals surface area (Å²) in [6.07, 6.45) is 1.07. The third-order valence-electron chi connectivity index (χ3n) is 11.2. The number of ether oxygens (including phenoxy) is 4. The SMILES string of the molecule is CCN1C[C@@]2(O)CC[C@@H](OC)[C@@]34[C@@H]5C[C@H]6[C@@H](OC)[C@@H]5[C@](O)(C[C@@H]6OC)[C@@](OO)([C@H]13)[C@@H](OC)[C@@H]24. The van der Waals surface area contributed by atoms with Crippen molar-refractivity contribution in [2.75, 3.05) is 41.5 Å². The molecule has 1 saturated heterocycles. The minimum absolute atomic E-state index is 0.00199. The van der Waals surface area contributed by atoms with Crippen LogP contribution in [0.2, 0.25) is 0 Å². The van der Waals surface area contributed by atoms with E-state index in [9.17, 15) is 15.5 Å². The van der Waals surface area contributed by atoms with Crippen molar-refractivity contribution in [2.24, 2.45) is 29.1 Å². The van der Waals surface area contributed by atoms with E-state index in [2.05, 4.69) is 11.8 Å². The Morgan fingerprint density at radius 3 is 2.36 bits per heavy atom. The molecule has 1 aliphatic heterocycles. The van der Waals surface area contributed by atoms with Gasteiger partial charge in [0, 0.05) is 64.6 Å². The summed E-state index contributed by atoms with van der Waals surface area (Å²) in [6, 6.07) is -0.376. The van der Waals surface area contributed by atoms with Gasteiger partial charge in [0.2, 0.25) is 0 Å². The smallest absolute Gasteiger partial charge is 0.174 e. The zero-order valence-electron chi connectivity index (χ0n) is 20.3. The molecule has 5 aliphatic carbocycles. The Bertz CT molecular complexity index is 815. The Kier molecular flexibility index (Phi) is 4.97. The number of rotatable bonds is 6. The second-order valence-corrected chi connectivity index (χ2v) is 11.5. The van der Waals surface area contributed by atoms with E-state index < -0.39 is 28.3 Å². The maximum Gasteiger partial charge on any atom is 0.174 e. The van der Waals surface area contributed by atoms with Gasteiger partial charge in [0.05, 0.1) is 30.0 Å². The molecule has 6 rings (SSSR count). The van der Waals surface area contributed by atoms with E-state index in [1.807, 2.05) is 0 Å². The molecule has 0 aromatic carbocycles. The van der Waals surface area contributed by atoms with Gasteiger partial charge in [0.15, 0.2) is 5.60 Å². The van der Waals surface area contributed by atoms with Gasteiger partial charge in [-0.05, 0) is 31.7 Å². The van der Waals surface area contributed by atoms with Crippen LogP contribution in [0.1, 0.15) is 32.6 Å². The lowest BCUT2D eigenvalue weighted by atomic mass is 9.44. The number of likely N-dealkylation sites (tertiary alicyclic amines) is 1. The lowest BCUT2D eigenvalue weighted by molar-refractivity contribution is -0.424. The van der Waals surface area contributed by atoms with Gasteiger partial charge in [-0.3, -0.25) is 10.2 Å². The molecule has 0 radical (unpaired) electrons. The highest BCUT2D eigenvalue weighted by Gasteiger charge is 2.93. The number of nitrogens with zero attached hydrogens (tertiary/aromatic N) is 1. The van der Waals surface area contributed by atoms with Crippen LogP contribution >= 0.6 is 0 Å². The monoisotopic (exact) mass is 469 g/mol. The Labute approximate surface area is 195 Å². The molecule has 0 aromatic heterocycles. The van der Waals surface area contributed by atoms with Gasteiger partial charge in [-0.1, -0.05) is 6.92 Å². The zero-order valence-corrected chi connectivity index (χ0v) is 20.3. The van der Waals surface area contributed by atoms with Crippen LogP contribution in [0.4, 0.5) is 0 Å². The van der Waals surface area contributed by atoms with Crippen LogP contribution in [-0.2, 0) is 23.8 Å². The molecule has 0 aromatic rings. The fourth-order valence-corrected chi connectivity index (χ4v) is 10.7. The third kappa shape index (κ3) is 2.15. The standard InChI is InChI=1S/C24H39NO8/c1-6-25-11-21(26)8-7-15(30-3)23-13-9-12-14(29-2)10-22(27,16(13)17(12)31-4)24(33-28,20(23)25)19(32-5)18(21)23/h12-20,26-28H,6-11H2,1-5H3/t12-,13-,14+,15-,16-,17-,18+,19+,20-,21+,22-,23-,24+/m1/s1. The van der Waals surface area contributed by atoms with Gasteiger partial charge in [-0.2, -0.15) is 0 Å². The first-order valence-electron chi connectivity index (χ1n) is 12.4. The van der Waals surface area contributed by atoms with Crippen molar-refractivity contribution in [3.63, 3.8) is 0 Å². The summed E-state index contributed by atoms with van der Waals surface area (Å²) in [5.41, 5.74) is -4.53. The van der Waals surface area contributed by atoms with Crippen LogP contribution in [0.15, 0.2) is 0 Å². The van der Waals surface area contributed by atoms with Gasteiger partial charge in [0.25, 0.3) is 0 Å². The van der Waals surface area contributed by atoms with E-state index in [0.29, 0.717) is 32.4 Å². The summed E-state index contributed by atoms with van der Waals surface area (Å²) < 4.78 is 24.4. The first kappa shape index (κ1) is 23.1. The summed E-state index contributed by atoms with van der Waals surface area (Å²) in [6.45, 7) is 3.17. The number of hydrogen-bond acceptors (Lipinski definition) is 9. The number of methoxy groups -OCH3 is 4. The van der Waals surface area contributed by atoms with Crippen molar-refractivity contribution in [1.82, 2.24) is 4.90 Å². The van der Waals surface area contributed by atoms with E-state index in [1.165, 1.54) is 0 Å². The largest absolute Gasteiger partial charge is 0.388 e. The fraction of sp³-hybridized carbons (Fsp3) is 1.00. The number of aliphatic hydroxyl groups is 2. The fourth-order valence-electron chi connectivity index (χ4n) is 10.7. The van der Waals surface area contributed by atoms with Crippen LogP contribution in [0.25, 0.3) is 0 Å². The molecule has 0 amide bonds. The predicted octanol–water partition coefficient (Wildman–Crippen LogP) is 0.521. The van der Waals surface area contributed by atoms with Gasteiger partial charge in [-0.15, -0.1) is 0 Å². The molecule has 188 valence electrons. The predicted molar refractivity (Wildman–Crippen MR) is 115 cm³/mol. The molecule has 33 heavy (non-hydrogen) atoms. The van der Waals surface area contributed by atoms with Crippen molar-refractivity contribution in [3.05, 3.63) is 0 Å². The van der Waals surface area contributed by atoms with Crippen LogP contribution in [0.5, 0.6) is 0 Å². The van der Waals surface area contributed by atoms with E-state index in [-0.39, 0.29) is 48.0 Å². The summed E-state index contributed by atoms with van der Waals surface area (Å²) in [5.74, 6) is -0.515. The highest BCUT2D eigenvalue weighted by molar-refractivity contribution is 5.42. The first-order chi connectivity index (χ1) is 15.8. The lowest BCUT2D eigenvalue weighted by Crippen LogP contribution is -2.82. The maximum absolute atomic E-state index is 12.8. The molecule has 13 atom stereocenters. The molecular weight excluding hydrogens is 430 g/mol. The Morgan fingerprint density at radius 1 is 1.03 bits per heavy atom. The molecule has 9 nitrogen and oxygen atoms in total. The van der Waals surface area contributed by atoms with Crippen LogP contribution in [0.3, 0.4) is 0 Å². The quantitative estimate of drug-likeness (QED) is 0.379. The van der Waals surface area contributed by atoms with E-state index in [0.717, 1.165) is 6.42 Å². The average Bonchev–Trinajstić information content (AvgIpc) is 3.25. The van der Waals surface area contributed by atoms with Crippen molar-refractivity contribution < 1.29 is 39.3 Å². The summed E-state index contributed by atoms with van der Waals surface area (Å²) in [4.78, 5) is 7.80. The molecule has 5 saturated carbocycles. The molecule has 3 N–H and O–H groups in total. The van der Waals surface area contributed by atoms with Gasteiger partial charge >= 0.3 is 0 Å². The molecule has 6 aliphatic rings. The average molecular weight is 470 g/mol. The van der Waals surface area contributed by atoms with E-state index in [4.69, 9.17) is 23.8 Å². The number of β-amino-alcohol motifs (C(OH)–C–C–N with tert-alkyl or cyclic N) is 1. The van der Waals surface area contributed by atoms with Crippen LogP contribution in [-0.4, -0.2) is 109 Å². The summed E-state index contributed by atoms with van der Waals surface area (Å²) in [7, 11) is 6.71. The molecule has 7 bridgehead atoms. The molecular formula is C24H39NO8. The first-order valence-corrected chi connectivity index (χ1v) is 12.4. The minimum Gasteiger partial charge on any atom is -0.388 e. The van der Waals surface area contributed by atoms with Crippen molar-refractivity contribution >= 4 is 0 Å². The minimum atomic E-state index is -1.47. The Morgan fingerprint density at radius 2 is 1.79 bits per heavy atom. The number of piperidine rings is 1.